The number of anilines is 1. The number of hydrogen-bond donors (Lipinski definition) is 2. The summed E-state index contributed by atoms with van der Waals surface area (Å²) in [5.41, 5.74) is 1.68. The maximum absolute atomic E-state index is 11.4. The van der Waals surface area contributed by atoms with Gasteiger partial charge in [-0.2, -0.15) is 0 Å². The van der Waals surface area contributed by atoms with Crippen molar-refractivity contribution in [1.82, 2.24) is 9.55 Å². The lowest BCUT2D eigenvalue weighted by Crippen LogP contribution is -2.17. The van der Waals surface area contributed by atoms with E-state index in [1.165, 1.54) is 12.3 Å². The van der Waals surface area contributed by atoms with Gasteiger partial charge in [0.05, 0.1) is 24.1 Å². The molecule has 0 unspecified atom stereocenters. The number of nitrogens with one attached hydrogen (secondary N) is 1. The Morgan fingerprint density at radius 3 is 2.83 bits per heavy atom. The van der Waals surface area contributed by atoms with Gasteiger partial charge >= 0.3 is 0 Å². The van der Waals surface area contributed by atoms with Gasteiger partial charge in [-0.25, -0.2) is 0 Å². The zero-order valence-corrected chi connectivity index (χ0v) is 10.1. The molecule has 0 atom stereocenters. The van der Waals surface area contributed by atoms with Crippen LogP contribution in [0.1, 0.15) is 12.6 Å². The second-order valence-corrected chi connectivity index (χ2v) is 3.90. The molecule has 0 aliphatic rings. The Bertz CT molecular complexity index is 576. The van der Waals surface area contributed by atoms with Crippen molar-refractivity contribution in [3.63, 3.8) is 0 Å². The van der Waals surface area contributed by atoms with E-state index in [9.17, 15) is 4.79 Å². The SMILES string of the molecule is CCn1cc(NCc2ccc(O)cn2)ccc1=O. The van der Waals surface area contributed by atoms with Gasteiger partial charge in [0, 0.05) is 18.8 Å². The molecular formula is C13H15N3O2. The van der Waals surface area contributed by atoms with Gasteiger partial charge in [0.2, 0.25) is 0 Å². The van der Waals surface area contributed by atoms with Crippen LogP contribution in [-0.2, 0) is 13.1 Å². The minimum absolute atomic E-state index is 0.00851. The molecule has 2 aromatic heterocycles. The molecule has 0 saturated heterocycles. The van der Waals surface area contributed by atoms with Crippen LogP contribution in [0.5, 0.6) is 5.75 Å². The van der Waals surface area contributed by atoms with Crippen LogP contribution in [0.25, 0.3) is 0 Å². The van der Waals surface area contributed by atoms with Gasteiger partial charge in [0.25, 0.3) is 5.56 Å². The van der Waals surface area contributed by atoms with Gasteiger partial charge in [0.15, 0.2) is 0 Å². The molecule has 0 amide bonds. The third-order valence-electron chi connectivity index (χ3n) is 2.61. The average Bonchev–Trinajstić information content (AvgIpc) is 2.39. The van der Waals surface area contributed by atoms with Crippen molar-refractivity contribution < 1.29 is 5.11 Å². The molecule has 5 heteroatoms. The van der Waals surface area contributed by atoms with E-state index in [0.717, 1.165) is 11.4 Å². The summed E-state index contributed by atoms with van der Waals surface area (Å²) in [4.78, 5) is 15.5. The van der Waals surface area contributed by atoms with Crippen LogP contribution < -0.4 is 10.9 Å². The fourth-order valence-corrected chi connectivity index (χ4v) is 1.60. The molecule has 94 valence electrons. The molecule has 2 heterocycles. The predicted molar refractivity (Wildman–Crippen MR) is 69.6 cm³/mol. The Morgan fingerprint density at radius 2 is 2.17 bits per heavy atom. The second kappa shape index (κ2) is 5.35. The van der Waals surface area contributed by atoms with Crippen LogP contribution in [0.4, 0.5) is 5.69 Å². The van der Waals surface area contributed by atoms with Gasteiger partial charge in [-0.1, -0.05) is 0 Å². The Kier molecular flexibility index (Phi) is 3.62. The predicted octanol–water partition coefficient (Wildman–Crippen LogP) is 1.58. The van der Waals surface area contributed by atoms with E-state index in [4.69, 9.17) is 5.11 Å². The lowest BCUT2D eigenvalue weighted by atomic mass is 10.3. The third-order valence-corrected chi connectivity index (χ3v) is 2.61. The van der Waals surface area contributed by atoms with E-state index in [1.54, 1.807) is 29.0 Å². The number of aromatic nitrogens is 2. The van der Waals surface area contributed by atoms with Crippen molar-refractivity contribution in [2.24, 2.45) is 0 Å². The average molecular weight is 245 g/mol. The number of nitrogens with zero attached hydrogens (tertiary/aromatic N) is 2. The van der Waals surface area contributed by atoms with Crippen molar-refractivity contribution in [1.29, 1.82) is 0 Å². The van der Waals surface area contributed by atoms with Crippen molar-refractivity contribution >= 4 is 5.69 Å². The molecule has 0 spiro atoms. The summed E-state index contributed by atoms with van der Waals surface area (Å²) >= 11 is 0. The van der Waals surface area contributed by atoms with Crippen LogP contribution in [0, 0.1) is 0 Å². The highest BCUT2D eigenvalue weighted by molar-refractivity contribution is 5.40. The summed E-state index contributed by atoms with van der Waals surface area (Å²) in [6.07, 6.45) is 3.19. The molecule has 0 aliphatic heterocycles. The van der Waals surface area contributed by atoms with Crippen molar-refractivity contribution in [2.45, 2.75) is 20.0 Å². The minimum Gasteiger partial charge on any atom is -0.506 e. The Labute approximate surface area is 105 Å². The maximum atomic E-state index is 11.4. The summed E-state index contributed by atoms with van der Waals surface area (Å²) in [5, 5.41) is 12.3. The lowest BCUT2D eigenvalue weighted by Gasteiger charge is -2.08. The largest absolute Gasteiger partial charge is 0.506 e. The van der Waals surface area contributed by atoms with Crippen molar-refractivity contribution in [2.75, 3.05) is 5.32 Å². The number of hydrogen-bond acceptors (Lipinski definition) is 4. The summed E-state index contributed by atoms with van der Waals surface area (Å²) in [6, 6.07) is 6.63. The first-order valence-electron chi connectivity index (χ1n) is 5.77. The quantitative estimate of drug-likeness (QED) is 0.858. The standard InChI is InChI=1S/C13H15N3O2/c1-2-16-9-11(4-6-13(16)18)14-7-10-3-5-12(17)8-15-10/h3-6,8-9,14,17H,2,7H2,1H3. The normalized spacial score (nSPS) is 10.3. The fourth-order valence-electron chi connectivity index (χ4n) is 1.60. The molecule has 0 bridgehead atoms. The molecule has 2 rings (SSSR count). The monoisotopic (exact) mass is 245 g/mol. The fraction of sp³-hybridized carbons (Fsp3) is 0.231. The van der Waals surface area contributed by atoms with E-state index in [1.807, 2.05) is 6.92 Å². The highest BCUT2D eigenvalue weighted by Gasteiger charge is 1.98. The molecule has 5 nitrogen and oxygen atoms in total. The molecule has 18 heavy (non-hydrogen) atoms. The summed E-state index contributed by atoms with van der Waals surface area (Å²) in [5.74, 6) is 0.151. The van der Waals surface area contributed by atoms with E-state index >= 15 is 0 Å². The van der Waals surface area contributed by atoms with Crippen LogP contribution in [-0.4, -0.2) is 14.7 Å². The van der Waals surface area contributed by atoms with E-state index < -0.39 is 0 Å². The van der Waals surface area contributed by atoms with E-state index in [-0.39, 0.29) is 11.3 Å². The Morgan fingerprint density at radius 1 is 1.33 bits per heavy atom. The summed E-state index contributed by atoms with van der Waals surface area (Å²) in [7, 11) is 0. The zero-order valence-electron chi connectivity index (χ0n) is 10.1. The summed E-state index contributed by atoms with van der Waals surface area (Å²) < 4.78 is 1.63. The van der Waals surface area contributed by atoms with Gasteiger partial charge in [-0.05, 0) is 25.1 Å². The minimum atomic E-state index is -0.00851. The second-order valence-electron chi connectivity index (χ2n) is 3.90. The van der Waals surface area contributed by atoms with Gasteiger partial charge in [-0.3, -0.25) is 9.78 Å². The molecule has 0 aliphatic carbocycles. The topological polar surface area (TPSA) is 67.2 Å². The first-order chi connectivity index (χ1) is 8.69. The van der Waals surface area contributed by atoms with E-state index in [2.05, 4.69) is 10.3 Å². The molecule has 2 aromatic rings. The molecule has 2 N–H and O–H groups in total. The lowest BCUT2D eigenvalue weighted by molar-refractivity contribution is 0.472. The summed E-state index contributed by atoms with van der Waals surface area (Å²) in [6.45, 7) is 3.11. The molecular weight excluding hydrogens is 230 g/mol. The van der Waals surface area contributed by atoms with Crippen LogP contribution in [0.15, 0.2) is 41.5 Å². The van der Waals surface area contributed by atoms with Gasteiger partial charge < -0.3 is 15.0 Å². The molecule has 0 saturated carbocycles. The van der Waals surface area contributed by atoms with Crippen molar-refractivity contribution in [3.05, 3.63) is 52.7 Å². The van der Waals surface area contributed by atoms with Gasteiger partial charge in [0.1, 0.15) is 5.75 Å². The first kappa shape index (κ1) is 12.2. The van der Waals surface area contributed by atoms with E-state index in [0.29, 0.717) is 13.1 Å². The van der Waals surface area contributed by atoms with Crippen LogP contribution >= 0.6 is 0 Å². The number of aryl methyl sites for hydroxylation is 1. The van der Waals surface area contributed by atoms with Crippen LogP contribution in [0.2, 0.25) is 0 Å². The Balaban J connectivity index is 2.06. The third kappa shape index (κ3) is 2.88. The zero-order chi connectivity index (χ0) is 13.0. The number of rotatable bonds is 4. The van der Waals surface area contributed by atoms with Crippen LogP contribution in [0.3, 0.4) is 0 Å². The first-order valence-corrected chi connectivity index (χ1v) is 5.77. The van der Waals surface area contributed by atoms with Crippen molar-refractivity contribution in [3.8, 4) is 5.75 Å². The smallest absolute Gasteiger partial charge is 0.250 e. The molecule has 0 radical (unpaired) electrons. The number of aromatic hydroxyl groups is 1. The Hall–Kier alpha value is -2.30. The maximum Gasteiger partial charge on any atom is 0.250 e. The highest BCUT2D eigenvalue weighted by atomic mass is 16.3. The van der Waals surface area contributed by atoms with Gasteiger partial charge in [-0.15, -0.1) is 0 Å². The number of pyridine rings is 2. The molecule has 0 aromatic carbocycles. The highest BCUT2D eigenvalue weighted by Crippen LogP contribution is 2.09. The molecule has 0 fully saturated rings.